The van der Waals surface area contributed by atoms with Gasteiger partial charge in [-0.2, -0.15) is 0 Å². The monoisotopic (exact) mass is 812 g/mol. The molecule has 4 aliphatic rings. The molecule has 2 aliphatic carbocycles. The van der Waals surface area contributed by atoms with Crippen molar-refractivity contribution >= 4 is 68.4 Å². The molecule has 0 spiro atoms. The third kappa shape index (κ3) is 5.44. The summed E-state index contributed by atoms with van der Waals surface area (Å²) in [5.41, 5.74) is 24.0. The van der Waals surface area contributed by atoms with Gasteiger partial charge in [0.25, 0.3) is 6.71 Å². The smallest absolute Gasteiger partial charge is 0.297 e. The van der Waals surface area contributed by atoms with Crippen molar-refractivity contribution in [1.82, 2.24) is 0 Å². The molecule has 1 aromatic heterocycles. The van der Waals surface area contributed by atoms with E-state index in [9.17, 15) is 0 Å². The second-order valence-electron chi connectivity index (χ2n) is 23.0. The topological polar surface area (TPSA) is 19.6 Å². The fourth-order valence-electron chi connectivity index (χ4n) is 11.8. The normalized spacial score (nSPS) is 17.6. The van der Waals surface area contributed by atoms with Crippen molar-refractivity contribution in [2.75, 3.05) is 9.80 Å². The van der Waals surface area contributed by atoms with E-state index in [0.29, 0.717) is 0 Å². The van der Waals surface area contributed by atoms with E-state index in [0.717, 1.165) is 29.8 Å². The van der Waals surface area contributed by atoms with Crippen LogP contribution in [0.25, 0.3) is 22.1 Å². The number of furan rings is 1. The Morgan fingerprint density at radius 1 is 0.565 bits per heavy atom. The third-order valence-electron chi connectivity index (χ3n) is 15.4. The van der Waals surface area contributed by atoms with Gasteiger partial charge >= 0.3 is 0 Å². The fourth-order valence-corrected chi connectivity index (χ4v) is 11.8. The molecule has 0 unspecified atom stereocenters. The molecule has 312 valence electrons. The van der Waals surface area contributed by atoms with Gasteiger partial charge in [0.1, 0.15) is 5.58 Å². The summed E-state index contributed by atoms with van der Waals surface area (Å²) in [5.74, 6) is 0. The van der Waals surface area contributed by atoms with Crippen molar-refractivity contribution in [3.63, 3.8) is 0 Å². The van der Waals surface area contributed by atoms with Gasteiger partial charge in [-0.15, -0.1) is 0 Å². The molecule has 3 heterocycles. The molecule has 0 radical (unpaired) electrons. The van der Waals surface area contributed by atoms with Gasteiger partial charge in [-0.05, 0) is 151 Å². The number of hydrogen-bond donors (Lipinski definition) is 0. The zero-order chi connectivity index (χ0) is 43.6. The first-order valence-electron chi connectivity index (χ1n) is 23.0. The van der Waals surface area contributed by atoms with Gasteiger partial charge in [0.15, 0.2) is 0 Å². The van der Waals surface area contributed by atoms with Crippen LogP contribution in [-0.2, 0) is 27.1 Å². The summed E-state index contributed by atoms with van der Waals surface area (Å²) in [4.78, 5) is 5.18. The van der Waals surface area contributed by atoms with Crippen LogP contribution in [0.3, 0.4) is 0 Å². The molecule has 0 amide bonds. The lowest BCUT2D eigenvalue weighted by Crippen LogP contribution is -2.61. The van der Waals surface area contributed by atoms with Crippen LogP contribution in [0.4, 0.5) is 34.1 Å². The van der Waals surface area contributed by atoms with Crippen molar-refractivity contribution in [2.24, 2.45) is 0 Å². The van der Waals surface area contributed by atoms with Crippen LogP contribution >= 0.6 is 0 Å². The molecule has 3 nitrogen and oxygen atoms in total. The van der Waals surface area contributed by atoms with Crippen LogP contribution in [0.15, 0.2) is 114 Å². The molecule has 11 rings (SSSR count). The summed E-state index contributed by atoms with van der Waals surface area (Å²) >= 11 is 0. The van der Waals surface area contributed by atoms with E-state index in [-0.39, 0.29) is 33.8 Å². The number of fused-ring (bicyclic) bond motifs is 10. The van der Waals surface area contributed by atoms with Gasteiger partial charge in [-0.1, -0.05) is 144 Å². The molecule has 0 fully saturated rings. The maximum atomic E-state index is 7.54. The number of nitrogens with zero attached hydrogens (tertiary/aromatic N) is 2. The predicted molar refractivity (Wildman–Crippen MR) is 265 cm³/mol. The third-order valence-corrected chi connectivity index (χ3v) is 15.4. The molecule has 0 saturated carbocycles. The Kier molecular flexibility index (Phi) is 7.99. The zero-order valence-electron chi connectivity index (χ0n) is 39.2. The SMILES string of the molecule is Cc1cc2c3c(c1)N(c1ccc(C(C)(C)C)cc1)c1c(oc4cc5c(cc14)C(C)(C)CCC5(C)C)B3c1cc(C(C)(C)C)ccc1N2c1cccc2c1C(C)(C)c1ccccc1-2. The van der Waals surface area contributed by atoms with Gasteiger partial charge in [0, 0.05) is 33.6 Å². The summed E-state index contributed by atoms with van der Waals surface area (Å²) in [5, 5.41) is 1.20. The van der Waals surface area contributed by atoms with E-state index in [2.05, 4.69) is 209 Å². The molecule has 0 saturated heterocycles. The molecule has 7 aromatic rings. The van der Waals surface area contributed by atoms with E-state index in [4.69, 9.17) is 4.42 Å². The minimum absolute atomic E-state index is 0.0390. The van der Waals surface area contributed by atoms with Crippen molar-refractivity contribution in [3.05, 3.63) is 148 Å². The first-order valence-corrected chi connectivity index (χ1v) is 23.0. The molecule has 4 heteroatoms. The summed E-state index contributed by atoms with van der Waals surface area (Å²) in [7, 11) is 0. The largest absolute Gasteiger partial charge is 0.468 e. The Balaban J connectivity index is 1.26. The fraction of sp³-hybridized carbons (Fsp3) is 0.345. The maximum absolute atomic E-state index is 7.54. The minimum Gasteiger partial charge on any atom is -0.468 e. The summed E-state index contributed by atoms with van der Waals surface area (Å²) in [6.07, 6.45) is 2.32. The average Bonchev–Trinajstić information content (AvgIpc) is 3.70. The number of aryl methyl sites for hydroxylation is 1. The van der Waals surface area contributed by atoms with Gasteiger partial charge in [0.2, 0.25) is 0 Å². The van der Waals surface area contributed by atoms with Gasteiger partial charge < -0.3 is 14.2 Å². The molecule has 62 heavy (non-hydrogen) atoms. The Morgan fingerprint density at radius 3 is 1.85 bits per heavy atom. The lowest BCUT2D eigenvalue weighted by molar-refractivity contribution is 0.332. The standard InChI is InChI=1S/C58H61BN2O/c1-34-29-47-51-48(30-34)61(46-20-16-18-39-38-17-14-15-19-41(38)58(12,13)50(39)46)45-26-23-36(55(5,6)7)31-44(45)59(51)53-52(60(47)37-24-21-35(22-25-37)54(2,3)4)40-32-42-43(33-49(40)62-53)57(10,11)28-27-56(42,8)9/h14-26,29-33H,27-28H2,1-13H3. The van der Waals surface area contributed by atoms with E-state index >= 15 is 0 Å². The predicted octanol–water partition coefficient (Wildman–Crippen LogP) is 14.1. The van der Waals surface area contributed by atoms with Crippen molar-refractivity contribution < 1.29 is 4.42 Å². The second-order valence-corrected chi connectivity index (χ2v) is 23.0. The highest BCUT2D eigenvalue weighted by atomic mass is 16.3. The van der Waals surface area contributed by atoms with E-state index in [1.54, 1.807) is 0 Å². The molecular weight excluding hydrogens is 751 g/mol. The quantitative estimate of drug-likeness (QED) is 0.162. The number of benzene rings is 6. The van der Waals surface area contributed by atoms with Crippen LogP contribution < -0.4 is 26.4 Å². The Morgan fingerprint density at radius 2 is 1.18 bits per heavy atom. The van der Waals surface area contributed by atoms with Gasteiger partial charge in [0.05, 0.1) is 17.0 Å². The summed E-state index contributed by atoms with van der Waals surface area (Å²) in [6, 6.07) is 42.5. The van der Waals surface area contributed by atoms with Crippen LogP contribution in [0, 0.1) is 6.92 Å². The molecule has 0 N–H and O–H groups in total. The molecule has 2 aliphatic heterocycles. The first kappa shape index (κ1) is 39.4. The molecule has 6 aromatic carbocycles. The maximum Gasteiger partial charge on any atom is 0.297 e. The molecule has 0 atom stereocenters. The highest BCUT2D eigenvalue weighted by molar-refractivity contribution is 7.00. The van der Waals surface area contributed by atoms with Crippen LogP contribution in [0.5, 0.6) is 0 Å². The zero-order valence-corrected chi connectivity index (χ0v) is 39.2. The average molecular weight is 813 g/mol. The molecular formula is C58H61BN2O. The number of hydrogen-bond acceptors (Lipinski definition) is 3. The van der Waals surface area contributed by atoms with Crippen molar-refractivity contribution in [2.45, 2.75) is 130 Å². The van der Waals surface area contributed by atoms with Crippen LogP contribution in [0.1, 0.15) is 135 Å². The highest BCUT2D eigenvalue weighted by Gasteiger charge is 2.49. The lowest BCUT2D eigenvalue weighted by Gasteiger charge is -2.44. The van der Waals surface area contributed by atoms with Gasteiger partial charge in [-0.3, -0.25) is 0 Å². The Hall–Kier alpha value is -5.48. The van der Waals surface area contributed by atoms with E-state index in [1.165, 1.54) is 94.8 Å². The molecule has 0 bridgehead atoms. The van der Waals surface area contributed by atoms with Crippen LogP contribution in [-0.4, -0.2) is 6.71 Å². The van der Waals surface area contributed by atoms with E-state index in [1.807, 2.05) is 0 Å². The van der Waals surface area contributed by atoms with Crippen LogP contribution in [0.2, 0.25) is 0 Å². The second kappa shape index (κ2) is 12.6. The number of anilines is 6. The Bertz CT molecular complexity index is 3040. The van der Waals surface area contributed by atoms with Gasteiger partial charge in [-0.25, -0.2) is 0 Å². The first-order chi connectivity index (χ1) is 29.2. The lowest BCUT2D eigenvalue weighted by atomic mass is 9.35. The number of rotatable bonds is 2. The van der Waals surface area contributed by atoms with E-state index < -0.39 is 0 Å². The van der Waals surface area contributed by atoms with Crippen molar-refractivity contribution in [3.8, 4) is 11.1 Å². The Labute approximate surface area is 370 Å². The summed E-state index contributed by atoms with van der Waals surface area (Å²) in [6.45, 7) is 30.6. The highest BCUT2D eigenvalue weighted by Crippen LogP contribution is 2.56. The minimum atomic E-state index is -0.192. The van der Waals surface area contributed by atoms with Crippen molar-refractivity contribution in [1.29, 1.82) is 0 Å². The summed E-state index contributed by atoms with van der Waals surface area (Å²) < 4.78 is 7.54.